The zero-order valence-corrected chi connectivity index (χ0v) is 24.4. The standard InChI is InChI=1S/C28H18Cl2N6O4S2/c29-19-3-1-16(2-4-19)26-18(14-36(35-26)21-6-8-22(9-7-21)42(31,38)39)13-32-34-28-33-24(15-41-28)23-12-17-11-20(30)5-10-25(17)40-27(23)37/h1-15H,(H,33,34)(H2,31,38,39)/b32-13-. The summed E-state index contributed by atoms with van der Waals surface area (Å²) in [6, 6.07) is 19.9. The summed E-state index contributed by atoms with van der Waals surface area (Å²) in [5.41, 5.74) is 6.23. The van der Waals surface area contributed by atoms with E-state index in [0.29, 0.717) is 54.3 Å². The van der Waals surface area contributed by atoms with Crippen molar-refractivity contribution < 1.29 is 12.8 Å². The molecule has 0 spiro atoms. The van der Waals surface area contributed by atoms with Gasteiger partial charge in [0.05, 0.1) is 28.1 Å². The quantitative estimate of drug-likeness (QED) is 0.121. The van der Waals surface area contributed by atoms with Crippen LogP contribution in [0.4, 0.5) is 5.13 Å². The molecule has 3 heterocycles. The van der Waals surface area contributed by atoms with Crippen molar-refractivity contribution in [2.75, 3.05) is 5.43 Å². The summed E-state index contributed by atoms with van der Waals surface area (Å²) in [5.74, 6) is 0. The highest BCUT2D eigenvalue weighted by molar-refractivity contribution is 7.89. The molecule has 6 rings (SSSR count). The molecule has 0 saturated carbocycles. The van der Waals surface area contributed by atoms with Crippen molar-refractivity contribution in [2.24, 2.45) is 10.2 Å². The molecule has 0 bridgehead atoms. The van der Waals surface area contributed by atoms with Crippen molar-refractivity contribution in [3.63, 3.8) is 0 Å². The number of hydrogen-bond acceptors (Lipinski definition) is 9. The highest BCUT2D eigenvalue weighted by Crippen LogP contribution is 2.28. The maximum absolute atomic E-state index is 12.6. The van der Waals surface area contributed by atoms with Crippen LogP contribution in [0, 0.1) is 0 Å². The molecule has 0 fully saturated rings. The lowest BCUT2D eigenvalue weighted by Crippen LogP contribution is -2.12. The van der Waals surface area contributed by atoms with Gasteiger partial charge >= 0.3 is 5.63 Å². The number of benzene rings is 3. The smallest absolute Gasteiger partial charge is 0.345 e. The van der Waals surface area contributed by atoms with Crippen LogP contribution in [0.3, 0.4) is 0 Å². The number of thiazole rings is 1. The van der Waals surface area contributed by atoms with Crippen molar-refractivity contribution in [1.82, 2.24) is 14.8 Å². The van der Waals surface area contributed by atoms with Gasteiger partial charge in [-0.15, -0.1) is 11.3 Å². The monoisotopic (exact) mass is 636 g/mol. The number of aromatic nitrogens is 3. The number of nitrogens with one attached hydrogen (secondary N) is 1. The van der Waals surface area contributed by atoms with Gasteiger partial charge in [-0.1, -0.05) is 35.3 Å². The predicted octanol–water partition coefficient (Wildman–Crippen LogP) is 6.17. The van der Waals surface area contributed by atoms with Gasteiger partial charge in [0, 0.05) is 38.1 Å². The van der Waals surface area contributed by atoms with Gasteiger partial charge in [0.15, 0.2) is 0 Å². The Kier molecular flexibility index (Phi) is 7.39. The first kappa shape index (κ1) is 27.8. The molecule has 6 aromatic rings. The van der Waals surface area contributed by atoms with E-state index >= 15 is 0 Å². The minimum absolute atomic E-state index is 0.00427. The third-order valence-electron chi connectivity index (χ3n) is 6.13. The average Bonchev–Trinajstić information content (AvgIpc) is 3.61. The Morgan fingerprint density at radius 3 is 2.48 bits per heavy atom. The molecule has 10 nitrogen and oxygen atoms in total. The van der Waals surface area contributed by atoms with Crippen molar-refractivity contribution >= 4 is 66.9 Å². The molecule has 3 aromatic heterocycles. The second-order valence-corrected chi connectivity index (χ2v) is 12.3. The fourth-order valence-electron chi connectivity index (χ4n) is 4.11. The SMILES string of the molecule is NS(=O)(=O)c1ccc(-n2cc(/C=N\Nc3nc(-c4cc5cc(Cl)ccc5oc4=O)cs3)c(-c3ccc(Cl)cc3)n2)cc1. The molecule has 0 radical (unpaired) electrons. The topological polar surface area (TPSA) is 145 Å². The van der Waals surface area contributed by atoms with E-state index in [1.807, 2.05) is 12.1 Å². The van der Waals surface area contributed by atoms with E-state index in [9.17, 15) is 13.2 Å². The van der Waals surface area contributed by atoms with Crippen molar-refractivity contribution in [1.29, 1.82) is 0 Å². The van der Waals surface area contributed by atoms with Gasteiger partial charge in [-0.05, 0) is 60.7 Å². The van der Waals surface area contributed by atoms with E-state index < -0.39 is 15.6 Å². The number of rotatable bonds is 7. The van der Waals surface area contributed by atoms with E-state index in [1.165, 1.54) is 23.5 Å². The summed E-state index contributed by atoms with van der Waals surface area (Å²) in [5, 5.41) is 18.2. The Labute approximate surface area is 252 Å². The third-order valence-corrected chi connectivity index (χ3v) is 8.29. The summed E-state index contributed by atoms with van der Waals surface area (Å²) in [7, 11) is -3.82. The summed E-state index contributed by atoms with van der Waals surface area (Å²) < 4.78 is 30.3. The number of halogens is 2. The number of primary sulfonamides is 1. The summed E-state index contributed by atoms with van der Waals surface area (Å²) in [4.78, 5) is 17.0. The van der Waals surface area contributed by atoms with Crippen LogP contribution in [-0.4, -0.2) is 29.4 Å². The lowest BCUT2D eigenvalue weighted by molar-refractivity contribution is 0.563. The summed E-state index contributed by atoms with van der Waals surface area (Å²) in [6.07, 6.45) is 3.33. The van der Waals surface area contributed by atoms with Crippen LogP contribution in [0.25, 0.3) is 39.2 Å². The molecule has 0 aliphatic heterocycles. The first-order valence-corrected chi connectivity index (χ1v) is 15.3. The molecule has 14 heteroatoms. The van der Waals surface area contributed by atoms with Crippen LogP contribution in [0.2, 0.25) is 10.0 Å². The maximum Gasteiger partial charge on any atom is 0.345 e. The molecule has 0 saturated heterocycles. The Hall–Kier alpha value is -4.33. The Bertz CT molecular complexity index is 2140. The molecule has 0 aliphatic carbocycles. The lowest BCUT2D eigenvalue weighted by Gasteiger charge is -2.03. The van der Waals surface area contributed by atoms with E-state index in [-0.39, 0.29) is 4.90 Å². The fourth-order valence-corrected chi connectivity index (χ4v) is 5.59. The van der Waals surface area contributed by atoms with Crippen molar-refractivity contribution in [2.45, 2.75) is 4.90 Å². The molecule has 0 atom stereocenters. The Morgan fingerprint density at radius 1 is 1.00 bits per heavy atom. The average molecular weight is 638 g/mol. The highest BCUT2D eigenvalue weighted by Gasteiger charge is 2.14. The zero-order valence-electron chi connectivity index (χ0n) is 21.2. The molecule has 0 unspecified atom stereocenters. The number of hydrazone groups is 1. The predicted molar refractivity (Wildman–Crippen MR) is 165 cm³/mol. The second-order valence-electron chi connectivity index (χ2n) is 8.96. The largest absolute Gasteiger partial charge is 0.422 e. The number of fused-ring (bicyclic) bond motifs is 1. The van der Waals surface area contributed by atoms with E-state index in [1.54, 1.807) is 71.0 Å². The van der Waals surface area contributed by atoms with Gasteiger partial charge in [0.25, 0.3) is 0 Å². The van der Waals surface area contributed by atoms with Crippen LogP contribution in [-0.2, 0) is 10.0 Å². The van der Waals surface area contributed by atoms with Crippen LogP contribution in [0.15, 0.2) is 104 Å². The highest BCUT2D eigenvalue weighted by atomic mass is 35.5. The molecule has 210 valence electrons. The second kappa shape index (κ2) is 11.2. The molecule has 3 aromatic carbocycles. The van der Waals surface area contributed by atoms with Crippen LogP contribution in [0.5, 0.6) is 0 Å². The fraction of sp³-hybridized carbons (Fsp3) is 0. The molecular formula is C28H18Cl2N6O4S2. The molecule has 3 N–H and O–H groups in total. The molecule has 0 aliphatic rings. The van der Waals surface area contributed by atoms with Gasteiger partial charge in [-0.2, -0.15) is 10.2 Å². The van der Waals surface area contributed by atoms with Crippen molar-refractivity contribution in [3.8, 4) is 28.2 Å². The number of anilines is 1. The number of hydrogen-bond donors (Lipinski definition) is 2. The maximum atomic E-state index is 12.6. The lowest BCUT2D eigenvalue weighted by atomic mass is 10.1. The van der Waals surface area contributed by atoms with Crippen molar-refractivity contribution in [3.05, 3.63) is 110 Å². The van der Waals surface area contributed by atoms with Crippen LogP contribution < -0.4 is 16.2 Å². The van der Waals surface area contributed by atoms with E-state index in [2.05, 4.69) is 20.6 Å². The summed E-state index contributed by atoms with van der Waals surface area (Å²) in [6.45, 7) is 0. The van der Waals surface area contributed by atoms with Gasteiger partial charge < -0.3 is 4.42 Å². The summed E-state index contributed by atoms with van der Waals surface area (Å²) >= 11 is 13.4. The molecule has 42 heavy (non-hydrogen) atoms. The minimum atomic E-state index is -3.82. The number of nitrogens with zero attached hydrogens (tertiary/aromatic N) is 4. The van der Waals surface area contributed by atoms with E-state index in [4.69, 9.17) is 32.8 Å². The minimum Gasteiger partial charge on any atom is -0.422 e. The van der Waals surface area contributed by atoms with Crippen LogP contribution in [0.1, 0.15) is 5.56 Å². The van der Waals surface area contributed by atoms with Gasteiger partial charge in [-0.25, -0.2) is 28.0 Å². The Morgan fingerprint density at radius 2 is 1.74 bits per heavy atom. The Balaban J connectivity index is 1.28. The first-order chi connectivity index (χ1) is 20.1. The number of sulfonamides is 1. The third kappa shape index (κ3) is 5.84. The molecular weight excluding hydrogens is 619 g/mol. The first-order valence-electron chi connectivity index (χ1n) is 12.1. The number of nitrogens with two attached hydrogens (primary N) is 1. The van der Waals surface area contributed by atoms with E-state index in [0.717, 1.165) is 5.56 Å². The van der Waals surface area contributed by atoms with Gasteiger partial charge in [0.2, 0.25) is 15.2 Å². The zero-order chi connectivity index (χ0) is 29.4. The van der Waals surface area contributed by atoms with Gasteiger partial charge in [-0.3, -0.25) is 5.43 Å². The normalized spacial score (nSPS) is 11.9. The van der Waals surface area contributed by atoms with Crippen LogP contribution >= 0.6 is 34.5 Å². The molecule has 0 amide bonds. The van der Waals surface area contributed by atoms with Gasteiger partial charge in [0.1, 0.15) is 11.3 Å².